The summed E-state index contributed by atoms with van der Waals surface area (Å²) in [6.07, 6.45) is 6.10. The molecular formula is C13H17BrN2O2. The number of nitrogens with one attached hydrogen (secondary N) is 1. The van der Waals surface area contributed by atoms with Crippen molar-refractivity contribution in [3.8, 4) is 0 Å². The van der Waals surface area contributed by atoms with Crippen molar-refractivity contribution in [3.63, 3.8) is 0 Å². The number of rotatable bonds is 3. The van der Waals surface area contributed by atoms with Crippen LogP contribution in [-0.2, 0) is 4.79 Å². The minimum absolute atomic E-state index is 0.0814. The highest BCUT2D eigenvalue weighted by Gasteiger charge is 2.21. The molecule has 1 saturated carbocycles. The smallest absolute Gasteiger partial charge is 0.251 e. The first-order valence-electron chi connectivity index (χ1n) is 6.26. The zero-order valence-corrected chi connectivity index (χ0v) is 11.9. The summed E-state index contributed by atoms with van der Waals surface area (Å²) in [6.45, 7) is 1.75. The Kier molecular flexibility index (Phi) is 4.22. The van der Waals surface area contributed by atoms with Gasteiger partial charge in [0.15, 0.2) is 0 Å². The third kappa shape index (κ3) is 3.02. The first-order valence-corrected chi connectivity index (χ1v) is 7.05. The molecule has 0 aliphatic heterocycles. The standard InChI is InChI=1S/C13H17BrN2O2/c1-9(13(18)15-11-4-2-3-5-11)16-8-10(14)6-7-12(16)17/h6-9,11H,2-5H2,1H3,(H,15,18)/t9-/m1/s1. The molecule has 98 valence electrons. The number of hydrogen-bond acceptors (Lipinski definition) is 2. The van der Waals surface area contributed by atoms with E-state index in [2.05, 4.69) is 21.2 Å². The summed E-state index contributed by atoms with van der Waals surface area (Å²) in [7, 11) is 0. The van der Waals surface area contributed by atoms with Crippen LogP contribution in [0.1, 0.15) is 38.6 Å². The Morgan fingerprint density at radius 1 is 1.44 bits per heavy atom. The number of aromatic nitrogens is 1. The third-order valence-corrected chi connectivity index (χ3v) is 3.87. The first-order chi connectivity index (χ1) is 8.58. The van der Waals surface area contributed by atoms with Gasteiger partial charge in [-0.3, -0.25) is 9.59 Å². The molecule has 1 atom stereocenters. The fourth-order valence-corrected chi connectivity index (χ4v) is 2.65. The van der Waals surface area contributed by atoms with Gasteiger partial charge in [0.2, 0.25) is 5.91 Å². The SMILES string of the molecule is C[C@H](C(=O)NC1CCCC1)n1cc(Br)ccc1=O. The largest absolute Gasteiger partial charge is 0.352 e. The predicted octanol–water partition coefficient (Wildman–Crippen LogP) is 2.23. The first kappa shape index (κ1) is 13.3. The van der Waals surface area contributed by atoms with Crippen LogP contribution < -0.4 is 10.9 Å². The highest BCUT2D eigenvalue weighted by molar-refractivity contribution is 9.10. The van der Waals surface area contributed by atoms with Crippen molar-refractivity contribution in [2.75, 3.05) is 0 Å². The molecule has 1 aromatic heterocycles. The van der Waals surface area contributed by atoms with E-state index in [4.69, 9.17) is 0 Å². The van der Waals surface area contributed by atoms with Crippen LogP contribution in [0, 0.1) is 0 Å². The van der Waals surface area contributed by atoms with Crippen molar-refractivity contribution in [2.45, 2.75) is 44.7 Å². The van der Waals surface area contributed by atoms with E-state index in [-0.39, 0.29) is 17.5 Å². The van der Waals surface area contributed by atoms with Crippen LogP contribution in [0.5, 0.6) is 0 Å². The van der Waals surface area contributed by atoms with Gasteiger partial charge in [0.05, 0.1) is 0 Å². The molecule has 0 aromatic carbocycles. The quantitative estimate of drug-likeness (QED) is 0.930. The van der Waals surface area contributed by atoms with E-state index < -0.39 is 6.04 Å². The van der Waals surface area contributed by atoms with Crippen molar-refractivity contribution < 1.29 is 4.79 Å². The average molecular weight is 313 g/mol. The lowest BCUT2D eigenvalue weighted by Gasteiger charge is -2.18. The van der Waals surface area contributed by atoms with E-state index in [1.165, 1.54) is 23.5 Å². The van der Waals surface area contributed by atoms with E-state index in [0.29, 0.717) is 0 Å². The molecule has 1 heterocycles. The molecule has 4 nitrogen and oxygen atoms in total. The number of carbonyl (C=O) groups is 1. The summed E-state index contributed by atoms with van der Waals surface area (Å²) in [5.41, 5.74) is -0.160. The molecule has 1 aliphatic carbocycles. The van der Waals surface area contributed by atoms with Gasteiger partial charge in [0.25, 0.3) is 5.56 Å². The molecule has 1 aromatic rings. The summed E-state index contributed by atoms with van der Waals surface area (Å²) < 4.78 is 2.25. The number of amides is 1. The van der Waals surface area contributed by atoms with Crippen molar-refractivity contribution in [1.29, 1.82) is 0 Å². The second kappa shape index (κ2) is 5.69. The average Bonchev–Trinajstić information content (AvgIpc) is 2.84. The molecule has 1 N–H and O–H groups in total. The molecule has 1 amide bonds. The van der Waals surface area contributed by atoms with Gasteiger partial charge in [-0.2, -0.15) is 0 Å². The third-order valence-electron chi connectivity index (χ3n) is 3.40. The Morgan fingerprint density at radius 2 is 2.11 bits per heavy atom. The van der Waals surface area contributed by atoms with Crippen LogP contribution >= 0.6 is 15.9 Å². The fraction of sp³-hybridized carbons (Fsp3) is 0.538. The number of pyridine rings is 1. The Balaban J connectivity index is 2.09. The molecule has 1 aliphatic rings. The van der Waals surface area contributed by atoms with Crippen LogP contribution in [0.4, 0.5) is 0 Å². The topological polar surface area (TPSA) is 51.1 Å². The fourth-order valence-electron chi connectivity index (χ4n) is 2.30. The molecule has 0 unspecified atom stereocenters. The lowest BCUT2D eigenvalue weighted by Crippen LogP contribution is -2.39. The highest BCUT2D eigenvalue weighted by atomic mass is 79.9. The van der Waals surface area contributed by atoms with Gasteiger partial charge in [-0.05, 0) is 41.8 Å². The Labute approximate surface area is 115 Å². The Morgan fingerprint density at radius 3 is 2.78 bits per heavy atom. The second-order valence-electron chi connectivity index (χ2n) is 4.76. The summed E-state index contributed by atoms with van der Waals surface area (Å²) in [4.78, 5) is 23.8. The van der Waals surface area contributed by atoms with Crippen LogP contribution in [0.3, 0.4) is 0 Å². The van der Waals surface area contributed by atoms with Crippen LogP contribution in [0.25, 0.3) is 0 Å². The summed E-state index contributed by atoms with van der Waals surface area (Å²) in [5, 5.41) is 3.01. The number of hydrogen-bond donors (Lipinski definition) is 1. The lowest BCUT2D eigenvalue weighted by molar-refractivity contribution is -0.124. The number of halogens is 1. The molecular weight excluding hydrogens is 296 g/mol. The van der Waals surface area contributed by atoms with Gasteiger partial charge in [0, 0.05) is 22.8 Å². The second-order valence-corrected chi connectivity index (χ2v) is 5.67. The van der Waals surface area contributed by atoms with E-state index in [0.717, 1.165) is 17.3 Å². The van der Waals surface area contributed by atoms with Gasteiger partial charge in [-0.15, -0.1) is 0 Å². The Hall–Kier alpha value is -1.10. The van der Waals surface area contributed by atoms with E-state index in [1.54, 1.807) is 19.2 Å². The van der Waals surface area contributed by atoms with Gasteiger partial charge in [-0.1, -0.05) is 12.8 Å². The molecule has 0 saturated heterocycles. The molecule has 18 heavy (non-hydrogen) atoms. The van der Waals surface area contributed by atoms with Gasteiger partial charge >= 0.3 is 0 Å². The highest BCUT2D eigenvalue weighted by Crippen LogP contribution is 2.18. The van der Waals surface area contributed by atoms with Crippen LogP contribution in [0.2, 0.25) is 0 Å². The number of carbonyl (C=O) groups excluding carboxylic acids is 1. The van der Waals surface area contributed by atoms with Gasteiger partial charge in [-0.25, -0.2) is 0 Å². The Bertz CT molecular complexity index is 492. The molecule has 0 bridgehead atoms. The minimum atomic E-state index is -0.476. The van der Waals surface area contributed by atoms with Crippen molar-refractivity contribution >= 4 is 21.8 Å². The maximum Gasteiger partial charge on any atom is 0.251 e. The zero-order valence-electron chi connectivity index (χ0n) is 10.4. The monoisotopic (exact) mass is 312 g/mol. The van der Waals surface area contributed by atoms with Gasteiger partial charge < -0.3 is 9.88 Å². The normalized spacial score (nSPS) is 17.7. The van der Waals surface area contributed by atoms with Gasteiger partial charge in [0.1, 0.15) is 6.04 Å². The molecule has 0 radical (unpaired) electrons. The van der Waals surface area contributed by atoms with Crippen molar-refractivity contribution in [1.82, 2.24) is 9.88 Å². The van der Waals surface area contributed by atoms with E-state index in [9.17, 15) is 9.59 Å². The van der Waals surface area contributed by atoms with Crippen molar-refractivity contribution in [3.05, 3.63) is 33.2 Å². The number of nitrogens with zero attached hydrogens (tertiary/aromatic N) is 1. The predicted molar refractivity (Wildman–Crippen MR) is 73.5 cm³/mol. The van der Waals surface area contributed by atoms with E-state index >= 15 is 0 Å². The summed E-state index contributed by atoms with van der Waals surface area (Å²) in [6, 6.07) is 2.95. The van der Waals surface area contributed by atoms with Crippen LogP contribution in [-0.4, -0.2) is 16.5 Å². The molecule has 0 spiro atoms. The van der Waals surface area contributed by atoms with E-state index in [1.807, 2.05) is 0 Å². The molecule has 2 rings (SSSR count). The lowest BCUT2D eigenvalue weighted by atomic mass is 10.2. The zero-order chi connectivity index (χ0) is 13.1. The maximum absolute atomic E-state index is 12.1. The molecule has 1 fully saturated rings. The van der Waals surface area contributed by atoms with Crippen LogP contribution in [0.15, 0.2) is 27.6 Å². The summed E-state index contributed by atoms with van der Waals surface area (Å²) >= 11 is 3.31. The summed E-state index contributed by atoms with van der Waals surface area (Å²) in [5.74, 6) is -0.0814. The minimum Gasteiger partial charge on any atom is -0.352 e. The maximum atomic E-state index is 12.1. The van der Waals surface area contributed by atoms with Crippen molar-refractivity contribution in [2.24, 2.45) is 0 Å². The molecule has 5 heteroatoms.